The molecule has 0 atom stereocenters. The van der Waals surface area contributed by atoms with Crippen LogP contribution in [0.4, 0.5) is 0 Å². The van der Waals surface area contributed by atoms with E-state index in [1.54, 1.807) is 25.1 Å². The molecule has 16 aromatic rings. The van der Waals surface area contributed by atoms with Gasteiger partial charge in [-0.3, -0.25) is 19.9 Å². The highest BCUT2D eigenvalue weighted by atomic mass is 15.0. The van der Waals surface area contributed by atoms with E-state index in [2.05, 4.69) is 340 Å². The Kier molecular flexibility index (Phi) is 16.5. The van der Waals surface area contributed by atoms with Gasteiger partial charge in [0.2, 0.25) is 33.8 Å². The summed E-state index contributed by atoms with van der Waals surface area (Å²) in [6.07, 6.45) is 4.38. The zero-order valence-corrected chi connectivity index (χ0v) is 68.8. The summed E-state index contributed by atoms with van der Waals surface area (Å²) >= 11 is 0. The molecule has 0 amide bonds. The largest absolute Gasteiger partial charge is 0.257 e. The Morgan fingerprint density at radius 3 is 1.06 bits per heavy atom. The van der Waals surface area contributed by atoms with Crippen LogP contribution in [0.1, 0.15) is 154 Å². The average molecular weight is 1490 g/mol. The molecule has 8 heterocycles. The predicted molar refractivity (Wildman–Crippen MR) is 470 cm³/mol. The van der Waals surface area contributed by atoms with E-state index in [9.17, 15) is 0 Å². The molecule has 0 saturated carbocycles. The fraction of sp³-hybridized carbons (Fsp3) is 0.226. The minimum atomic E-state index is -2.82. The summed E-state index contributed by atoms with van der Waals surface area (Å²) in [6, 6.07) is 85.8. The molecule has 562 valence electrons. The third-order valence-electron chi connectivity index (χ3n) is 24.8. The number of rotatable bonds is 5. The number of hydrogen-bond acceptors (Lipinski definition) is 4. The van der Waals surface area contributed by atoms with Crippen LogP contribution in [0, 0.1) is 55.4 Å². The van der Waals surface area contributed by atoms with Gasteiger partial charge in [0.05, 0.1) is 22.8 Å². The van der Waals surface area contributed by atoms with Gasteiger partial charge in [0.15, 0.2) is 12.4 Å². The van der Waals surface area contributed by atoms with Crippen LogP contribution in [0.3, 0.4) is 0 Å². The normalized spacial score (nSPS) is 15.1. The van der Waals surface area contributed by atoms with Crippen molar-refractivity contribution in [3.8, 4) is 101 Å². The quantitative estimate of drug-likeness (QED) is 0.161. The molecule has 114 heavy (non-hydrogen) atoms. The first kappa shape index (κ1) is 67.4. The van der Waals surface area contributed by atoms with Crippen LogP contribution >= 0.6 is 0 Å². The lowest BCUT2D eigenvalue weighted by molar-refractivity contribution is -0.660. The SMILES string of the molecule is Cc1ccc2c(n1)C(C)(C)c1cc(-c3cc(-c4ccccc4)cc[n+]3C)c(C)cc1-2.Cc1ccc2c(n1)C(C)(C)c1cc(C)c(-c3cc4ccccc4c[n+]3C)cc1-2.Cc1ccc2c(n1)C(C)(C)c1cc(C)c(-c3ccc4ccccc4[n+]3C)cc1-2.[2H]C([2H])([2H])C1(C([2H])([2H])[2H])c2cc(C)c(-c3ccc4ccccc4[n+]3C)cc2-c2ccc(C)nc21. The molecule has 4 aliphatic rings. The minimum Gasteiger partial charge on any atom is -0.257 e. The number of hydrogen-bond donors (Lipinski definition) is 0. The monoisotopic (exact) mass is 1490 g/mol. The van der Waals surface area contributed by atoms with Crippen LogP contribution in [0.25, 0.3) is 133 Å². The highest BCUT2D eigenvalue weighted by molar-refractivity contribution is 5.91. The zero-order valence-electron chi connectivity index (χ0n) is 74.8. The molecule has 0 saturated heterocycles. The molecule has 20 rings (SSSR count). The summed E-state index contributed by atoms with van der Waals surface area (Å²) in [5.41, 5.74) is 37.5. The number of aromatic nitrogens is 8. The van der Waals surface area contributed by atoms with Gasteiger partial charge in [-0.15, -0.1) is 0 Å². The standard InChI is InChI=1S/C28H27N2.3C26H25N2/c1-18-15-24-22-12-11-19(2)29-27(22)28(3,4)25(24)17-23(18)26-16-21(13-14-30(26)5)20-9-7-6-8-10-20;2*1-16-14-22-21(19-12-10-17(2)27-25(19)26(22,3)4)15-20(16)24-13-11-18-8-6-7-9-23(18)28(24)5;1-16-12-23-22(20-11-10-17(2)27-25(20)26(23,3)4)14-21(16)24-13-18-8-6-7-9-19(18)15-28(24)5/h6-17H,1-5H3;3*6-15H,1-5H3/q4*+1/i;3D3,4D3;;. The van der Waals surface area contributed by atoms with E-state index in [0.29, 0.717) is 22.4 Å². The van der Waals surface area contributed by atoms with Gasteiger partial charge in [-0.25, -0.2) is 9.13 Å². The summed E-state index contributed by atoms with van der Waals surface area (Å²) in [4.78, 5) is 19.3. The molecule has 0 N–H and O–H groups in total. The molecule has 0 fully saturated rings. The van der Waals surface area contributed by atoms with Crippen molar-refractivity contribution in [1.82, 2.24) is 19.9 Å². The van der Waals surface area contributed by atoms with Gasteiger partial charge in [-0.05, 0) is 218 Å². The molecular formula is C106H102N8+4. The number of pyridine rings is 8. The Hall–Kier alpha value is -12.3. The second-order valence-corrected chi connectivity index (χ2v) is 33.7. The Labute approximate surface area is 681 Å². The van der Waals surface area contributed by atoms with Crippen molar-refractivity contribution in [3.63, 3.8) is 0 Å². The molecule has 8 aromatic heterocycles. The molecule has 8 aromatic carbocycles. The van der Waals surface area contributed by atoms with E-state index >= 15 is 0 Å². The van der Waals surface area contributed by atoms with Crippen molar-refractivity contribution < 1.29 is 26.5 Å². The predicted octanol–water partition coefficient (Wildman–Crippen LogP) is 23.1. The number of para-hydroxylation sites is 2. The fourth-order valence-electron chi connectivity index (χ4n) is 18.4. The molecule has 8 heteroatoms. The molecule has 8 nitrogen and oxygen atoms in total. The van der Waals surface area contributed by atoms with E-state index in [1.165, 1.54) is 150 Å². The van der Waals surface area contributed by atoms with Gasteiger partial charge in [-0.2, -0.15) is 9.13 Å². The van der Waals surface area contributed by atoms with Gasteiger partial charge in [-0.1, -0.05) is 177 Å². The number of fused-ring (bicyclic) bond motifs is 15. The maximum absolute atomic E-state index is 8.41. The lowest BCUT2D eigenvalue weighted by Crippen LogP contribution is -2.32. The summed E-state index contributed by atoms with van der Waals surface area (Å²) in [5.74, 6) is 0. The molecule has 4 aliphatic carbocycles. The van der Waals surface area contributed by atoms with Crippen LogP contribution in [0.15, 0.2) is 255 Å². The Balaban J connectivity index is 0.000000114. The second-order valence-electron chi connectivity index (χ2n) is 33.7. The van der Waals surface area contributed by atoms with Gasteiger partial charge >= 0.3 is 0 Å². The van der Waals surface area contributed by atoms with E-state index < -0.39 is 19.1 Å². The second kappa shape index (κ2) is 27.8. The third kappa shape index (κ3) is 12.4. The fourth-order valence-corrected chi connectivity index (χ4v) is 18.4. The van der Waals surface area contributed by atoms with Crippen LogP contribution in [0.2, 0.25) is 0 Å². The minimum absolute atomic E-state index is 0.0639. The van der Waals surface area contributed by atoms with Crippen molar-refractivity contribution in [1.29, 1.82) is 0 Å². The molecule has 0 aliphatic heterocycles. The number of benzene rings is 8. The topological polar surface area (TPSA) is 67.1 Å². The molecular weight excluding hydrogens is 1390 g/mol. The van der Waals surface area contributed by atoms with Gasteiger partial charge < -0.3 is 0 Å². The summed E-state index contributed by atoms with van der Waals surface area (Å²) < 4.78 is 59.3. The Morgan fingerprint density at radius 2 is 0.614 bits per heavy atom. The van der Waals surface area contributed by atoms with Crippen molar-refractivity contribution in [2.24, 2.45) is 28.2 Å². The Bertz CT molecular complexity index is 6810. The van der Waals surface area contributed by atoms with E-state index in [1.807, 2.05) is 38.2 Å². The summed E-state index contributed by atoms with van der Waals surface area (Å²) in [5, 5.41) is 4.91. The lowest BCUT2D eigenvalue weighted by Gasteiger charge is -2.21. The van der Waals surface area contributed by atoms with Crippen LogP contribution in [-0.4, -0.2) is 19.9 Å². The highest BCUT2D eigenvalue weighted by Gasteiger charge is 2.43. The highest BCUT2D eigenvalue weighted by Crippen LogP contribution is 2.54. The summed E-state index contributed by atoms with van der Waals surface area (Å²) in [6.45, 7) is 24.7. The van der Waals surface area contributed by atoms with E-state index in [0.717, 1.165) is 44.8 Å². The maximum atomic E-state index is 8.41. The van der Waals surface area contributed by atoms with Gasteiger partial charge in [0, 0.05) is 156 Å². The first-order valence-electron chi connectivity index (χ1n) is 42.7. The third-order valence-corrected chi connectivity index (χ3v) is 24.8. The van der Waals surface area contributed by atoms with Gasteiger partial charge in [0.1, 0.15) is 28.2 Å². The van der Waals surface area contributed by atoms with E-state index in [4.69, 9.17) is 23.2 Å². The van der Waals surface area contributed by atoms with Crippen LogP contribution < -0.4 is 18.3 Å². The van der Waals surface area contributed by atoms with Crippen molar-refractivity contribution in [3.05, 3.63) is 345 Å². The van der Waals surface area contributed by atoms with Crippen molar-refractivity contribution >= 4 is 32.6 Å². The lowest BCUT2D eigenvalue weighted by atomic mass is 9.83. The number of aryl methyl sites for hydroxylation is 12. The number of nitrogens with zero attached hydrogens (tertiary/aromatic N) is 8. The van der Waals surface area contributed by atoms with Gasteiger partial charge in [0.25, 0.3) is 0 Å². The molecule has 0 bridgehead atoms. The molecule has 0 radical (unpaired) electrons. The molecule has 0 unspecified atom stereocenters. The first-order valence-corrected chi connectivity index (χ1v) is 39.7. The summed E-state index contributed by atoms with van der Waals surface area (Å²) in [7, 11) is 8.42. The van der Waals surface area contributed by atoms with Crippen LogP contribution in [-0.2, 0) is 49.9 Å². The maximum Gasteiger partial charge on any atom is 0.213 e. The van der Waals surface area contributed by atoms with Crippen molar-refractivity contribution in [2.75, 3.05) is 0 Å². The average Bonchev–Trinajstić information content (AvgIpc) is 1.51. The Morgan fingerprint density at radius 1 is 0.263 bits per heavy atom. The van der Waals surface area contributed by atoms with Crippen molar-refractivity contribution in [2.45, 2.75) is 132 Å². The van der Waals surface area contributed by atoms with E-state index in [-0.39, 0.29) is 21.9 Å². The smallest absolute Gasteiger partial charge is 0.213 e. The molecule has 0 spiro atoms. The first-order chi connectivity index (χ1) is 57.0. The van der Waals surface area contributed by atoms with Crippen LogP contribution in [0.5, 0.6) is 0 Å². The zero-order chi connectivity index (χ0) is 84.9.